The molecule has 0 aliphatic heterocycles. The molecule has 7 nitrogen and oxygen atoms in total. The summed E-state index contributed by atoms with van der Waals surface area (Å²) in [6.45, 7) is 0.476. The molecule has 8 heteroatoms. The van der Waals surface area contributed by atoms with Crippen LogP contribution in [-0.2, 0) is 22.9 Å². The van der Waals surface area contributed by atoms with Crippen molar-refractivity contribution >= 4 is 20.7 Å². The van der Waals surface area contributed by atoms with E-state index in [1.54, 1.807) is 21.3 Å². The lowest BCUT2D eigenvalue weighted by atomic mass is 9.79. The van der Waals surface area contributed by atoms with Gasteiger partial charge < -0.3 is 23.7 Å². The van der Waals surface area contributed by atoms with Gasteiger partial charge in [-0.1, -0.05) is 0 Å². The van der Waals surface area contributed by atoms with E-state index in [0.29, 0.717) is 19.0 Å². The molecule has 2 rings (SSSR count). The first kappa shape index (κ1) is 18.4. The van der Waals surface area contributed by atoms with E-state index in [-0.39, 0.29) is 23.7 Å². The van der Waals surface area contributed by atoms with Crippen molar-refractivity contribution < 1.29 is 28.0 Å². The van der Waals surface area contributed by atoms with Crippen molar-refractivity contribution in [2.75, 3.05) is 27.9 Å². The number of carbonyl (C=O) groups excluding carboxylic acids is 1. The van der Waals surface area contributed by atoms with E-state index in [1.165, 1.54) is 0 Å². The predicted octanol–water partition coefficient (Wildman–Crippen LogP) is 1.12. The van der Waals surface area contributed by atoms with E-state index in [0.717, 1.165) is 19.3 Å². The molecule has 2 saturated carbocycles. The maximum Gasteiger partial charge on any atom is 0.500 e. The fraction of sp³-hybridized carbons (Fsp3) is 0.867. The van der Waals surface area contributed by atoms with Crippen LogP contribution in [0.4, 0.5) is 0 Å². The monoisotopic (exact) mass is 345 g/mol. The Kier molecular flexibility index (Phi) is 6.18. The number of fused-ring (bicyclic) bond motifs is 2. The van der Waals surface area contributed by atoms with Gasteiger partial charge in [0.2, 0.25) is 5.91 Å². The molecular formula is C15H27NO6Si. The van der Waals surface area contributed by atoms with Crippen LogP contribution in [0.25, 0.3) is 0 Å². The third kappa shape index (κ3) is 3.76. The largest absolute Gasteiger partial charge is 0.500 e. The van der Waals surface area contributed by atoms with Gasteiger partial charge in [0.25, 0.3) is 0 Å². The highest BCUT2D eigenvalue weighted by atomic mass is 28.4. The highest BCUT2D eigenvalue weighted by Crippen LogP contribution is 2.52. The van der Waals surface area contributed by atoms with E-state index in [4.69, 9.17) is 13.3 Å². The van der Waals surface area contributed by atoms with Gasteiger partial charge in [0, 0.05) is 33.9 Å². The van der Waals surface area contributed by atoms with Crippen molar-refractivity contribution in [2.45, 2.75) is 31.7 Å². The minimum atomic E-state index is -2.61. The lowest BCUT2D eigenvalue weighted by Gasteiger charge is -2.27. The number of rotatable bonds is 9. The number of carboxylic acid groups (broad SMARTS) is 1. The molecule has 0 aromatic heterocycles. The van der Waals surface area contributed by atoms with Crippen LogP contribution in [0.5, 0.6) is 0 Å². The first-order valence-electron chi connectivity index (χ1n) is 8.14. The Hall–Kier alpha value is -0.963. The fourth-order valence-corrected chi connectivity index (χ4v) is 5.94. The van der Waals surface area contributed by atoms with Gasteiger partial charge in [-0.2, -0.15) is 0 Å². The summed E-state index contributed by atoms with van der Waals surface area (Å²) < 4.78 is 16.0. The molecular weight excluding hydrogens is 318 g/mol. The van der Waals surface area contributed by atoms with Crippen molar-refractivity contribution in [3.05, 3.63) is 0 Å². The highest BCUT2D eigenvalue weighted by molar-refractivity contribution is 6.60. The van der Waals surface area contributed by atoms with Crippen molar-refractivity contribution in [3.8, 4) is 0 Å². The molecule has 2 fully saturated rings. The number of hydrogen-bond acceptors (Lipinski definition) is 5. The molecule has 0 radical (unpaired) electrons. The van der Waals surface area contributed by atoms with Crippen LogP contribution in [0.1, 0.15) is 25.7 Å². The maximum absolute atomic E-state index is 12.4. The van der Waals surface area contributed by atoms with Crippen LogP contribution in [0.15, 0.2) is 0 Å². The van der Waals surface area contributed by atoms with E-state index in [2.05, 4.69) is 5.32 Å². The molecule has 2 aliphatic carbocycles. The molecule has 4 atom stereocenters. The topological polar surface area (TPSA) is 94.1 Å². The molecule has 2 aliphatic rings. The zero-order valence-electron chi connectivity index (χ0n) is 14.0. The minimum absolute atomic E-state index is 0.121. The molecule has 1 amide bonds. The van der Waals surface area contributed by atoms with E-state index in [9.17, 15) is 14.7 Å². The summed E-state index contributed by atoms with van der Waals surface area (Å²) >= 11 is 0. The molecule has 0 heterocycles. The van der Waals surface area contributed by atoms with Gasteiger partial charge in [-0.3, -0.25) is 9.59 Å². The number of aliphatic carboxylic acids is 1. The number of carboxylic acids is 1. The normalized spacial score (nSPS) is 29.7. The Labute approximate surface area is 138 Å². The molecule has 132 valence electrons. The molecule has 23 heavy (non-hydrogen) atoms. The number of hydrogen-bond donors (Lipinski definition) is 2. The maximum atomic E-state index is 12.4. The highest BCUT2D eigenvalue weighted by Gasteiger charge is 2.53. The first-order valence-corrected chi connectivity index (χ1v) is 10.1. The minimum Gasteiger partial charge on any atom is -0.481 e. The van der Waals surface area contributed by atoms with Crippen LogP contribution >= 0.6 is 0 Å². The van der Waals surface area contributed by atoms with Gasteiger partial charge in [-0.25, -0.2) is 0 Å². The van der Waals surface area contributed by atoms with Crippen molar-refractivity contribution in [1.29, 1.82) is 0 Å². The molecule has 0 aromatic rings. The molecule has 0 spiro atoms. The summed E-state index contributed by atoms with van der Waals surface area (Å²) in [6, 6.07) is 0.607. The Balaban J connectivity index is 1.82. The van der Waals surface area contributed by atoms with Crippen LogP contribution in [0.2, 0.25) is 6.04 Å². The van der Waals surface area contributed by atoms with Crippen LogP contribution in [0.3, 0.4) is 0 Å². The Bertz CT molecular complexity index is 433. The Morgan fingerprint density at radius 1 is 1.09 bits per heavy atom. The van der Waals surface area contributed by atoms with Crippen molar-refractivity contribution in [2.24, 2.45) is 23.7 Å². The van der Waals surface area contributed by atoms with E-state index < -0.39 is 20.7 Å². The van der Waals surface area contributed by atoms with E-state index >= 15 is 0 Å². The third-order valence-corrected chi connectivity index (χ3v) is 8.23. The van der Waals surface area contributed by atoms with Gasteiger partial charge in [0.1, 0.15) is 0 Å². The van der Waals surface area contributed by atoms with E-state index in [1.807, 2.05) is 0 Å². The average molecular weight is 345 g/mol. The number of carbonyl (C=O) groups is 2. The summed E-state index contributed by atoms with van der Waals surface area (Å²) in [5, 5.41) is 12.3. The average Bonchev–Trinajstić information content (AvgIpc) is 3.16. The third-order valence-electron chi connectivity index (χ3n) is 5.40. The van der Waals surface area contributed by atoms with Gasteiger partial charge in [0.05, 0.1) is 11.8 Å². The lowest BCUT2D eigenvalue weighted by Crippen LogP contribution is -2.44. The molecule has 2 N–H and O–H groups in total. The standard InChI is InChI=1S/C15H27NO6Si/c1-20-23(21-2,22-3)8-4-7-16-14(17)12-10-5-6-11(9-10)13(12)15(18)19/h10-13H,4-9H2,1-3H3,(H,16,17)(H,18,19). The van der Waals surface area contributed by atoms with Gasteiger partial charge in [0.15, 0.2) is 0 Å². The van der Waals surface area contributed by atoms with Gasteiger partial charge >= 0.3 is 14.8 Å². The summed E-state index contributed by atoms with van der Waals surface area (Å²) in [5.41, 5.74) is 0. The van der Waals surface area contributed by atoms with Crippen molar-refractivity contribution in [1.82, 2.24) is 5.32 Å². The molecule has 2 bridgehead atoms. The van der Waals surface area contributed by atoms with Crippen LogP contribution in [0, 0.1) is 23.7 Å². The summed E-state index contributed by atoms with van der Waals surface area (Å²) in [6.07, 6.45) is 3.46. The molecule has 4 unspecified atom stereocenters. The molecule has 0 aromatic carbocycles. The smallest absolute Gasteiger partial charge is 0.481 e. The zero-order valence-corrected chi connectivity index (χ0v) is 15.0. The fourth-order valence-electron chi connectivity index (χ4n) is 4.21. The Morgan fingerprint density at radius 3 is 2.17 bits per heavy atom. The Morgan fingerprint density at radius 2 is 1.65 bits per heavy atom. The SMILES string of the molecule is CO[Si](CCCNC(=O)C1C2CCC(C2)C1C(=O)O)(OC)OC. The zero-order chi connectivity index (χ0) is 17.0. The lowest BCUT2D eigenvalue weighted by molar-refractivity contribution is -0.149. The second kappa shape index (κ2) is 7.74. The second-order valence-corrected chi connectivity index (χ2v) is 9.50. The summed E-state index contributed by atoms with van der Waals surface area (Å²) in [4.78, 5) is 23.9. The first-order chi connectivity index (χ1) is 11.0. The summed E-state index contributed by atoms with van der Waals surface area (Å²) in [5.74, 6) is -1.44. The van der Waals surface area contributed by atoms with Crippen LogP contribution < -0.4 is 5.32 Å². The molecule has 0 saturated heterocycles. The summed E-state index contributed by atoms with van der Waals surface area (Å²) in [7, 11) is 2.07. The quantitative estimate of drug-likeness (QED) is 0.480. The predicted molar refractivity (Wildman–Crippen MR) is 84.7 cm³/mol. The van der Waals surface area contributed by atoms with Gasteiger partial charge in [-0.15, -0.1) is 0 Å². The van der Waals surface area contributed by atoms with Crippen molar-refractivity contribution in [3.63, 3.8) is 0 Å². The second-order valence-electron chi connectivity index (χ2n) is 6.41. The van der Waals surface area contributed by atoms with Crippen LogP contribution in [-0.4, -0.2) is 53.7 Å². The number of amides is 1. The van der Waals surface area contributed by atoms with Gasteiger partial charge in [-0.05, 0) is 37.5 Å². The number of nitrogens with one attached hydrogen (secondary N) is 1.